The minimum Gasteiger partial charge on any atom is -0.459 e. The van der Waals surface area contributed by atoms with Crippen molar-refractivity contribution in [3.05, 3.63) is 35.4 Å². The number of benzene rings is 1. The lowest BCUT2D eigenvalue weighted by atomic mass is 10.0. The van der Waals surface area contributed by atoms with Crippen LogP contribution in [0.25, 0.3) is 0 Å². The van der Waals surface area contributed by atoms with Gasteiger partial charge in [0.25, 0.3) is 0 Å². The molecule has 1 unspecified atom stereocenters. The summed E-state index contributed by atoms with van der Waals surface area (Å²) in [7, 11) is 1.95. The summed E-state index contributed by atoms with van der Waals surface area (Å²) in [4.78, 5) is 11.7. The molecule has 3 nitrogen and oxygen atoms in total. The molecule has 112 valence electrons. The van der Waals surface area contributed by atoms with Gasteiger partial charge in [0.1, 0.15) is 5.60 Å². The molecule has 20 heavy (non-hydrogen) atoms. The predicted molar refractivity (Wildman–Crippen MR) is 86.1 cm³/mol. The first-order valence-electron chi connectivity index (χ1n) is 6.86. The fourth-order valence-corrected chi connectivity index (χ4v) is 2.86. The van der Waals surface area contributed by atoms with Gasteiger partial charge in [-0.25, -0.2) is 0 Å². The Labute approximate surface area is 126 Å². The SMILES string of the molecule is CNC(CSCC(=O)OC(C)(C)C)c1ccccc1C. The highest BCUT2D eigenvalue weighted by atomic mass is 32.2. The molecule has 0 saturated carbocycles. The third-order valence-corrected chi connectivity index (χ3v) is 3.85. The van der Waals surface area contributed by atoms with Crippen LogP contribution < -0.4 is 5.32 Å². The van der Waals surface area contributed by atoms with E-state index in [1.54, 1.807) is 11.8 Å². The zero-order chi connectivity index (χ0) is 15.2. The molecule has 0 bridgehead atoms. The van der Waals surface area contributed by atoms with E-state index in [4.69, 9.17) is 4.74 Å². The number of ether oxygens (including phenoxy) is 1. The number of carbonyl (C=O) groups excluding carboxylic acids is 1. The summed E-state index contributed by atoms with van der Waals surface area (Å²) in [6.45, 7) is 7.77. The predicted octanol–water partition coefficient (Wildman–Crippen LogP) is 3.33. The largest absolute Gasteiger partial charge is 0.459 e. The highest BCUT2D eigenvalue weighted by Crippen LogP contribution is 2.21. The van der Waals surface area contributed by atoms with E-state index in [0.717, 1.165) is 5.75 Å². The van der Waals surface area contributed by atoms with E-state index < -0.39 is 5.60 Å². The lowest BCUT2D eigenvalue weighted by Crippen LogP contribution is -2.26. The Balaban J connectivity index is 2.47. The smallest absolute Gasteiger partial charge is 0.316 e. The zero-order valence-corrected chi connectivity index (χ0v) is 13.8. The van der Waals surface area contributed by atoms with E-state index in [9.17, 15) is 4.79 Å². The Morgan fingerprint density at radius 2 is 2.00 bits per heavy atom. The van der Waals surface area contributed by atoms with E-state index in [0.29, 0.717) is 5.75 Å². The van der Waals surface area contributed by atoms with Crippen LogP contribution in [0.4, 0.5) is 0 Å². The number of rotatable bonds is 6. The summed E-state index contributed by atoms with van der Waals surface area (Å²) in [5, 5.41) is 3.31. The summed E-state index contributed by atoms with van der Waals surface area (Å²) < 4.78 is 5.30. The first kappa shape index (κ1) is 17.1. The summed E-state index contributed by atoms with van der Waals surface area (Å²) in [5.41, 5.74) is 2.15. The Morgan fingerprint density at radius 1 is 1.35 bits per heavy atom. The molecule has 0 saturated heterocycles. The van der Waals surface area contributed by atoms with Gasteiger partial charge in [0.05, 0.1) is 5.75 Å². The van der Waals surface area contributed by atoms with Crippen molar-refractivity contribution in [2.75, 3.05) is 18.6 Å². The van der Waals surface area contributed by atoms with Crippen molar-refractivity contribution in [1.29, 1.82) is 0 Å². The normalized spacial score (nSPS) is 13.1. The van der Waals surface area contributed by atoms with Crippen LogP contribution in [0.15, 0.2) is 24.3 Å². The number of thioether (sulfide) groups is 1. The molecule has 0 fully saturated rings. The molecular weight excluding hydrogens is 270 g/mol. The molecule has 1 aromatic carbocycles. The number of hydrogen-bond acceptors (Lipinski definition) is 4. The molecule has 0 amide bonds. The number of hydrogen-bond donors (Lipinski definition) is 1. The first-order valence-corrected chi connectivity index (χ1v) is 8.01. The molecule has 1 aromatic rings. The monoisotopic (exact) mass is 295 g/mol. The van der Waals surface area contributed by atoms with Crippen molar-refractivity contribution in [3.8, 4) is 0 Å². The Kier molecular flexibility index (Phi) is 6.56. The minimum absolute atomic E-state index is 0.151. The fourth-order valence-electron chi connectivity index (χ4n) is 1.94. The Morgan fingerprint density at radius 3 is 2.55 bits per heavy atom. The summed E-state index contributed by atoms with van der Waals surface area (Å²) in [6, 6.07) is 8.58. The van der Waals surface area contributed by atoms with Gasteiger partial charge in [-0.2, -0.15) is 0 Å². The van der Waals surface area contributed by atoms with Crippen LogP contribution in [0.5, 0.6) is 0 Å². The van der Waals surface area contributed by atoms with Gasteiger partial charge in [-0.3, -0.25) is 4.79 Å². The maximum absolute atomic E-state index is 11.7. The van der Waals surface area contributed by atoms with Crippen LogP contribution in [0.2, 0.25) is 0 Å². The quantitative estimate of drug-likeness (QED) is 0.817. The lowest BCUT2D eigenvalue weighted by molar-refractivity contribution is -0.151. The van der Waals surface area contributed by atoms with Crippen molar-refractivity contribution in [1.82, 2.24) is 5.32 Å². The molecule has 0 spiro atoms. The standard InChI is InChI=1S/C16H25NO2S/c1-12-8-6-7-9-13(12)14(17-5)10-20-11-15(18)19-16(2,3)4/h6-9,14,17H,10-11H2,1-5H3. The number of nitrogens with one attached hydrogen (secondary N) is 1. The first-order chi connectivity index (χ1) is 9.33. The third kappa shape index (κ3) is 5.97. The zero-order valence-electron chi connectivity index (χ0n) is 13.0. The summed E-state index contributed by atoms with van der Waals surface area (Å²) >= 11 is 1.60. The molecule has 0 aromatic heterocycles. The molecule has 0 aliphatic rings. The molecule has 1 atom stereocenters. The van der Waals surface area contributed by atoms with E-state index in [2.05, 4.69) is 24.4 Å². The highest BCUT2D eigenvalue weighted by Gasteiger charge is 2.17. The van der Waals surface area contributed by atoms with E-state index in [-0.39, 0.29) is 12.0 Å². The fraction of sp³-hybridized carbons (Fsp3) is 0.562. The van der Waals surface area contributed by atoms with Gasteiger partial charge in [-0.15, -0.1) is 11.8 Å². The van der Waals surface area contributed by atoms with E-state index >= 15 is 0 Å². The second kappa shape index (κ2) is 7.70. The molecule has 0 radical (unpaired) electrons. The summed E-state index contributed by atoms with van der Waals surface area (Å²) in [6.07, 6.45) is 0. The summed E-state index contributed by atoms with van der Waals surface area (Å²) in [5.74, 6) is 1.09. The maximum atomic E-state index is 11.7. The van der Waals surface area contributed by atoms with Gasteiger partial charge in [0.15, 0.2) is 0 Å². The average Bonchev–Trinajstić information content (AvgIpc) is 2.34. The van der Waals surface area contributed by atoms with Crippen molar-refractivity contribution in [2.24, 2.45) is 0 Å². The number of esters is 1. The molecule has 0 aliphatic heterocycles. The van der Waals surface area contributed by atoms with E-state index in [1.807, 2.05) is 40.0 Å². The van der Waals surface area contributed by atoms with Gasteiger partial charge < -0.3 is 10.1 Å². The minimum atomic E-state index is -0.407. The molecule has 4 heteroatoms. The molecule has 0 heterocycles. The molecule has 0 aliphatic carbocycles. The number of aryl methyl sites for hydroxylation is 1. The Hall–Kier alpha value is -1.00. The maximum Gasteiger partial charge on any atom is 0.316 e. The van der Waals surface area contributed by atoms with Crippen LogP contribution in [0, 0.1) is 6.92 Å². The van der Waals surface area contributed by atoms with Crippen LogP contribution >= 0.6 is 11.8 Å². The lowest BCUT2D eigenvalue weighted by Gasteiger charge is -2.21. The molecule has 1 rings (SSSR count). The van der Waals surface area contributed by atoms with Gasteiger partial charge in [0, 0.05) is 11.8 Å². The van der Waals surface area contributed by atoms with Crippen molar-refractivity contribution in [3.63, 3.8) is 0 Å². The number of carbonyl (C=O) groups is 1. The van der Waals surface area contributed by atoms with Crippen LogP contribution in [0.3, 0.4) is 0 Å². The van der Waals surface area contributed by atoms with Crippen LogP contribution in [0.1, 0.15) is 37.9 Å². The molecule has 1 N–H and O–H groups in total. The molecular formula is C16H25NO2S. The van der Waals surface area contributed by atoms with Crippen LogP contribution in [-0.2, 0) is 9.53 Å². The van der Waals surface area contributed by atoms with E-state index in [1.165, 1.54) is 11.1 Å². The third-order valence-electron chi connectivity index (χ3n) is 2.84. The highest BCUT2D eigenvalue weighted by molar-refractivity contribution is 7.99. The van der Waals surface area contributed by atoms with Gasteiger partial charge in [0.2, 0.25) is 0 Å². The van der Waals surface area contributed by atoms with Crippen LogP contribution in [-0.4, -0.2) is 30.1 Å². The Bertz CT molecular complexity index is 440. The second-order valence-electron chi connectivity index (χ2n) is 5.80. The van der Waals surface area contributed by atoms with Gasteiger partial charge >= 0.3 is 5.97 Å². The van der Waals surface area contributed by atoms with Crippen molar-refractivity contribution < 1.29 is 9.53 Å². The van der Waals surface area contributed by atoms with Crippen molar-refractivity contribution >= 4 is 17.7 Å². The average molecular weight is 295 g/mol. The second-order valence-corrected chi connectivity index (χ2v) is 6.83. The van der Waals surface area contributed by atoms with Crippen molar-refractivity contribution in [2.45, 2.75) is 39.3 Å². The topological polar surface area (TPSA) is 38.3 Å². The van der Waals surface area contributed by atoms with Gasteiger partial charge in [-0.1, -0.05) is 24.3 Å². The van der Waals surface area contributed by atoms with Gasteiger partial charge in [-0.05, 0) is 45.9 Å².